The number of rotatable bonds is 3. The van der Waals surface area contributed by atoms with E-state index in [-0.39, 0.29) is 30.7 Å². The van der Waals surface area contributed by atoms with Gasteiger partial charge in [-0.15, -0.1) is 0 Å². The van der Waals surface area contributed by atoms with Crippen LogP contribution in [-0.4, -0.2) is 87.1 Å². The normalized spacial score (nSPS) is 18.1. The maximum Gasteiger partial charge on any atom is 0.326 e. The molecule has 1 aromatic heterocycles. The van der Waals surface area contributed by atoms with Gasteiger partial charge < -0.3 is 14.9 Å². The first-order valence-corrected chi connectivity index (χ1v) is 10.3. The summed E-state index contributed by atoms with van der Waals surface area (Å²) in [7, 11) is 4.96. The average Bonchev–Trinajstić information content (AvgIpc) is 3.06. The van der Waals surface area contributed by atoms with Gasteiger partial charge in [-0.05, 0) is 6.42 Å². The third-order valence-electron chi connectivity index (χ3n) is 5.96. The molecule has 2 aromatic rings. The molecule has 1 aromatic carbocycles. The van der Waals surface area contributed by atoms with Crippen molar-refractivity contribution in [3.05, 3.63) is 41.6 Å². The highest BCUT2D eigenvalue weighted by Crippen LogP contribution is 2.28. The van der Waals surface area contributed by atoms with E-state index < -0.39 is 6.04 Å². The van der Waals surface area contributed by atoms with Gasteiger partial charge in [-0.3, -0.25) is 24.0 Å². The van der Waals surface area contributed by atoms with Crippen LogP contribution in [0.5, 0.6) is 0 Å². The lowest BCUT2D eigenvalue weighted by atomic mass is 10.0. The molecule has 10 nitrogen and oxygen atoms in total. The first-order chi connectivity index (χ1) is 15.3. The van der Waals surface area contributed by atoms with Crippen LogP contribution in [0, 0.1) is 0 Å². The van der Waals surface area contributed by atoms with E-state index in [1.165, 1.54) is 17.5 Å². The van der Waals surface area contributed by atoms with Gasteiger partial charge >= 0.3 is 6.03 Å². The first kappa shape index (κ1) is 23.0. The number of urea groups is 1. The number of aromatic nitrogens is 2. The number of likely N-dealkylation sites (N-methyl/N-ethyl adjacent to an activating group) is 2. The lowest BCUT2D eigenvalue weighted by molar-refractivity contribution is -0.136. The number of carbonyl (C=O) groups is 4. The van der Waals surface area contributed by atoms with E-state index in [2.05, 4.69) is 0 Å². The lowest BCUT2D eigenvalue weighted by Crippen LogP contribution is -2.40. The van der Waals surface area contributed by atoms with Gasteiger partial charge in [0.1, 0.15) is 6.04 Å². The molecule has 2 aliphatic rings. The van der Waals surface area contributed by atoms with Gasteiger partial charge in [0.15, 0.2) is 0 Å². The van der Waals surface area contributed by atoms with E-state index in [1.807, 2.05) is 42.1 Å². The Labute approximate surface area is 186 Å². The number of carbonyl (C=O) groups excluding carboxylic acids is 3. The molecule has 0 aliphatic carbocycles. The Morgan fingerprint density at radius 3 is 2.34 bits per heavy atom. The number of carboxylic acid groups (broad SMARTS) is 1. The summed E-state index contributed by atoms with van der Waals surface area (Å²) in [5, 5.41) is 11.6. The number of imide groups is 1. The molecule has 1 atom stereocenters. The highest BCUT2D eigenvalue weighted by Gasteiger charge is 2.42. The van der Waals surface area contributed by atoms with E-state index in [9.17, 15) is 14.4 Å². The van der Waals surface area contributed by atoms with Crippen LogP contribution in [0.25, 0.3) is 11.3 Å². The minimum atomic E-state index is -0.716. The summed E-state index contributed by atoms with van der Waals surface area (Å²) in [5.74, 6) is -0.417. The third-order valence-corrected chi connectivity index (χ3v) is 5.96. The molecule has 0 radical (unpaired) electrons. The zero-order valence-corrected chi connectivity index (χ0v) is 18.4. The third kappa shape index (κ3) is 4.34. The SMILES string of the molecule is CN1C(=O)C(CC(=O)N2CCc3c(-c4ccccc4)nn(C)c3CC2)N(C)C1=O.O=CO. The van der Waals surface area contributed by atoms with Crippen LogP contribution in [0.15, 0.2) is 30.3 Å². The van der Waals surface area contributed by atoms with Crippen molar-refractivity contribution < 1.29 is 24.3 Å². The van der Waals surface area contributed by atoms with Crippen LogP contribution in [0.3, 0.4) is 0 Å². The van der Waals surface area contributed by atoms with Crippen LogP contribution in [0.1, 0.15) is 17.7 Å². The Morgan fingerprint density at radius 2 is 1.75 bits per heavy atom. The van der Waals surface area contributed by atoms with E-state index in [0.29, 0.717) is 25.9 Å². The molecule has 170 valence electrons. The summed E-state index contributed by atoms with van der Waals surface area (Å²) >= 11 is 0. The number of aryl methyl sites for hydroxylation is 1. The topological polar surface area (TPSA) is 116 Å². The predicted octanol–water partition coefficient (Wildman–Crippen LogP) is 0.998. The van der Waals surface area contributed by atoms with Gasteiger partial charge in [-0.1, -0.05) is 30.3 Å². The highest BCUT2D eigenvalue weighted by atomic mass is 16.3. The molecule has 10 heteroatoms. The maximum absolute atomic E-state index is 12.9. The van der Waals surface area contributed by atoms with Crippen LogP contribution < -0.4 is 0 Å². The van der Waals surface area contributed by atoms with Gasteiger partial charge in [0.25, 0.3) is 12.4 Å². The van der Waals surface area contributed by atoms with Crippen LogP contribution in [0.2, 0.25) is 0 Å². The molecular formula is C22H27N5O5. The fourth-order valence-corrected chi connectivity index (χ4v) is 4.23. The van der Waals surface area contributed by atoms with Gasteiger partial charge in [-0.2, -0.15) is 5.10 Å². The summed E-state index contributed by atoms with van der Waals surface area (Å²) in [6.45, 7) is 0.903. The van der Waals surface area contributed by atoms with Crippen molar-refractivity contribution in [1.29, 1.82) is 0 Å². The Hall–Kier alpha value is -3.69. The molecule has 4 rings (SSSR count). The van der Waals surface area contributed by atoms with Crippen molar-refractivity contribution in [2.75, 3.05) is 27.2 Å². The average molecular weight is 441 g/mol. The zero-order valence-electron chi connectivity index (χ0n) is 18.4. The van der Waals surface area contributed by atoms with Gasteiger partial charge in [0.2, 0.25) is 5.91 Å². The molecular weight excluding hydrogens is 414 g/mol. The fourth-order valence-electron chi connectivity index (χ4n) is 4.23. The van der Waals surface area contributed by atoms with Crippen molar-refractivity contribution in [3.63, 3.8) is 0 Å². The van der Waals surface area contributed by atoms with Crippen molar-refractivity contribution >= 4 is 24.3 Å². The molecule has 3 heterocycles. The zero-order chi connectivity index (χ0) is 23.4. The molecule has 1 fully saturated rings. The number of hydrogen-bond donors (Lipinski definition) is 1. The second-order valence-corrected chi connectivity index (χ2v) is 7.76. The molecule has 0 bridgehead atoms. The number of nitrogens with zero attached hydrogens (tertiary/aromatic N) is 5. The second-order valence-electron chi connectivity index (χ2n) is 7.76. The minimum Gasteiger partial charge on any atom is -0.483 e. The number of hydrogen-bond acceptors (Lipinski definition) is 5. The summed E-state index contributed by atoms with van der Waals surface area (Å²) in [6, 6.07) is 8.99. The quantitative estimate of drug-likeness (QED) is 0.561. The highest BCUT2D eigenvalue weighted by molar-refractivity contribution is 6.05. The largest absolute Gasteiger partial charge is 0.483 e. The number of amides is 4. The summed E-state index contributed by atoms with van der Waals surface area (Å²) in [4.78, 5) is 49.7. The second kappa shape index (κ2) is 9.63. The fraction of sp³-hybridized carbons (Fsp3) is 0.409. The van der Waals surface area contributed by atoms with Crippen molar-refractivity contribution in [2.45, 2.75) is 25.3 Å². The molecule has 2 aliphatic heterocycles. The van der Waals surface area contributed by atoms with Crippen molar-refractivity contribution in [3.8, 4) is 11.3 Å². The molecule has 32 heavy (non-hydrogen) atoms. The Morgan fingerprint density at radius 1 is 1.12 bits per heavy atom. The number of fused-ring (bicyclic) bond motifs is 1. The van der Waals surface area contributed by atoms with Crippen LogP contribution >= 0.6 is 0 Å². The maximum atomic E-state index is 12.9. The standard InChI is InChI=1S/C21H25N5O3.CH2O2/c1-23-17(20(28)24(2)21(23)29)13-18(27)26-11-9-15-16(10-12-26)25(3)22-19(15)14-7-5-4-6-8-14;2-1-3/h4-8,17H,9-13H2,1-3H3;1H,(H,2,3). The minimum absolute atomic E-state index is 0.0194. The molecule has 0 spiro atoms. The molecule has 1 saturated heterocycles. The van der Waals surface area contributed by atoms with E-state index in [1.54, 1.807) is 11.9 Å². The van der Waals surface area contributed by atoms with E-state index in [0.717, 1.165) is 21.9 Å². The molecule has 4 amide bonds. The van der Waals surface area contributed by atoms with Gasteiger partial charge in [0, 0.05) is 57.5 Å². The molecule has 0 saturated carbocycles. The number of benzene rings is 1. The Bertz CT molecular complexity index is 1020. The van der Waals surface area contributed by atoms with Crippen LogP contribution in [0.4, 0.5) is 4.79 Å². The summed E-state index contributed by atoms with van der Waals surface area (Å²) in [5.41, 5.74) is 4.36. The van der Waals surface area contributed by atoms with Crippen molar-refractivity contribution in [1.82, 2.24) is 24.5 Å². The van der Waals surface area contributed by atoms with Crippen LogP contribution in [-0.2, 0) is 34.3 Å². The summed E-state index contributed by atoms with van der Waals surface area (Å²) < 4.78 is 1.91. The van der Waals surface area contributed by atoms with Gasteiger partial charge in [0.05, 0.1) is 12.1 Å². The van der Waals surface area contributed by atoms with E-state index in [4.69, 9.17) is 15.0 Å². The first-order valence-electron chi connectivity index (χ1n) is 10.3. The Kier molecular flexibility index (Phi) is 6.92. The van der Waals surface area contributed by atoms with Gasteiger partial charge in [-0.25, -0.2) is 4.79 Å². The van der Waals surface area contributed by atoms with Crippen molar-refractivity contribution in [2.24, 2.45) is 7.05 Å². The molecule has 1 N–H and O–H groups in total. The lowest BCUT2D eigenvalue weighted by Gasteiger charge is -2.23. The van der Waals surface area contributed by atoms with E-state index >= 15 is 0 Å². The summed E-state index contributed by atoms with van der Waals surface area (Å²) in [6.07, 6.45) is 1.45. The molecule has 1 unspecified atom stereocenters. The monoisotopic (exact) mass is 441 g/mol. The Balaban J connectivity index is 0.000000913. The smallest absolute Gasteiger partial charge is 0.326 e. The predicted molar refractivity (Wildman–Crippen MR) is 116 cm³/mol.